The van der Waals surface area contributed by atoms with E-state index in [2.05, 4.69) is 46.5 Å². The number of hydrogen-bond donors (Lipinski definition) is 2. The van der Waals surface area contributed by atoms with Gasteiger partial charge >= 0.3 is 0 Å². The normalized spacial score (nSPS) is 24.8. The van der Waals surface area contributed by atoms with Crippen molar-refractivity contribution in [3.63, 3.8) is 0 Å². The molecule has 2 heterocycles. The van der Waals surface area contributed by atoms with Crippen molar-refractivity contribution in [2.75, 3.05) is 23.3 Å². The van der Waals surface area contributed by atoms with Crippen LogP contribution in [-0.2, 0) is 0 Å². The highest BCUT2D eigenvalue weighted by Crippen LogP contribution is 2.35. The Hall–Kier alpha value is -1.22. The lowest BCUT2D eigenvalue weighted by Gasteiger charge is -2.32. The van der Waals surface area contributed by atoms with Gasteiger partial charge in [0.2, 0.25) is 0 Å². The van der Waals surface area contributed by atoms with Crippen LogP contribution in [-0.4, -0.2) is 19.1 Å². The maximum atomic E-state index is 3.45. The van der Waals surface area contributed by atoms with E-state index in [4.69, 9.17) is 0 Å². The SMILES string of the molecule is [CH]1Nc2ccccc2N1C1CCCNC1. The van der Waals surface area contributed by atoms with Crippen LogP contribution in [0.5, 0.6) is 0 Å². The minimum absolute atomic E-state index is 0.606. The molecule has 1 aromatic carbocycles. The van der Waals surface area contributed by atoms with Crippen molar-refractivity contribution in [1.29, 1.82) is 0 Å². The van der Waals surface area contributed by atoms with Crippen LogP contribution in [0.2, 0.25) is 0 Å². The second-order valence-corrected chi connectivity index (χ2v) is 4.20. The van der Waals surface area contributed by atoms with Gasteiger partial charge in [-0.25, -0.2) is 0 Å². The van der Waals surface area contributed by atoms with Gasteiger partial charge in [-0.05, 0) is 31.5 Å². The zero-order valence-corrected chi connectivity index (χ0v) is 8.74. The molecule has 0 aliphatic carbocycles. The Morgan fingerprint density at radius 1 is 1.27 bits per heavy atom. The summed E-state index contributed by atoms with van der Waals surface area (Å²) in [5, 5.41) is 6.77. The Balaban J connectivity index is 1.83. The molecule has 2 aliphatic rings. The van der Waals surface area contributed by atoms with Gasteiger partial charge in [-0.1, -0.05) is 12.1 Å². The van der Waals surface area contributed by atoms with E-state index in [1.807, 2.05) is 0 Å². The Morgan fingerprint density at radius 2 is 2.20 bits per heavy atom. The zero-order chi connectivity index (χ0) is 10.1. The summed E-state index contributed by atoms with van der Waals surface area (Å²) in [6.45, 7) is 4.36. The molecule has 1 unspecified atom stereocenters. The van der Waals surface area contributed by atoms with Gasteiger partial charge in [-0.3, -0.25) is 0 Å². The maximum Gasteiger partial charge on any atom is 0.139 e. The van der Waals surface area contributed by atoms with Crippen molar-refractivity contribution < 1.29 is 0 Å². The summed E-state index contributed by atoms with van der Waals surface area (Å²) in [5.41, 5.74) is 2.54. The molecule has 3 rings (SSSR count). The highest BCUT2D eigenvalue weighted by atomic mass is 15.3. The highest BCUT2D eigenvalue weighted by molar-refractivity contribution is 5.77. The minimum Gasteiger partial charge on any atom is -0.360 e. The standard InChI is InChI=1S/C12H16N3/c1-2-6-12-11(5-1)14-9-15(12)10-4-3-7-13-8-10/h1-2,5-6,9-10,13-14H,3-4,7-8H2. The van der Waals surface area contributed by atoms with Crippen molar-refractivity contribution in [3.8, 4) is 0 Å². The van der Waals surface area contributed by atoms with E-state index in [-0.39, 0.29) is 0 Å². The number of benzene rings is 1. The molecule has 3 heteroatoms. The molecule has 1 atom stereocenters. The number of nitrogens with one attached hydrogen (secondary N) is 2. The number of nitrogens with zero attached hydrogens (tertiary/aromatic N) is 1. The average Bonchev–Trinajstić information content (AvgIpc) is 2.74. The first-order chi connectivity index (χ1) is 7.45. The smallest absolute Gasteiger partial charge is 0.139 e. The fourth-order valence-electron chi connectivity index (χ4n) is 2.40. The molecule has 0 amide bonds. The Kier molecular flexibility index (Phi) is 2.25. The molecule has 2 aliphatic heterocycles. The predicted octanol–water partition coefficient (Wildman–Crippen LogP) is 1.79. The summed E-state index contributed by atoms with van der Waals surface area (Å²) >= 11 is 0. The van der Waals surface area contributed by atoms with Crippen LogP contribution in [0.1, 0.15) is 12.8 Å². The van der Waals surface area contributed by atoms with Gasteiger partial charge < -0.3 is 15.5 Å². The monoisotopic (exact) mass is 202 g/mol. The largest absolute Gasteiger partial charge is 0.360 e. The van der Waals surface area contributed by atoms with Crippen LogP contribution in [0.15, 0.2) is 24.3 Å². The van der Waals surface area contributed by atoms with Crippen molar-refractivity contribution in [2.24, 2.45) is 0 Å². The molecule has 2 N–H and O–H groups in total. The van der Waals surface area contributed by atoms with Crippen LogP contribution >= 0.6 is 0 Å². The lowest BCUT2D eigenvalue weighted by Crippen LogP contribution is -2.44. The molecular formula is C12H16N3. The minimum atomic E-state index is 0.606. The van der Waals surface area contributed by atoms with Gasteiger partial charge in [0, 0.05) is 12.6 Å². The second-order valence-electron chi connectivity index (χ2n) is 4.20. The van der Waals surface area contributed by atoms with E-state index in [1.165, 1.54) is 30.8 Å². The predicted molar refractivity (Wildman–Crippen MR) is 62.7 cm³/mol. The van der Waals surface area contributed by atoms with E-state index in [1.54, 1.807) is 0 Å². The fourth-order valence-corrected chi connectivity index (χ4v) is 2.40. The third kappa shape index (κ3) is 1.57. The third-order valence-corrected chi connectivity index (χ3v) is 3.21. The van der Waals surface area contributed by atoms with Gasteiger partial charge in [0.05, 0.1) is 11.4 Å². The molecule has 1 saturated heterocycles. The highest BCUT2D eigenvalue weighted by Gasteiger charge is 2.26. The van der Waals surface area contributed by atoms with Crippen LogP contribution in [0.4, 0.5) is 11.4 Å². The molecule has 0 bridgehead atoms. The Labute approximate surface area is 90.5 Å². The molecule has 3 nitrogen and oxygen atoms in total. The van der Waals surface area contributed by atoms with Gasteiger partial charge in [0.15, 0.2) is 0 Å². The van der Waals surface area contributed by atoms with E-state index in [9.17, 15) is 0 Å². The van der Waals surface area contributed by atoms with Crippen molar-refractivity contribution in [3.05, 3.63) is 30.9 Å². The molecule has 0 aromatic heterocycles. The molecule has 15 heavy (non-hydrogen) atoms. The number of piperidine rings is 1. The van der Waals surface area contributed by atoms with Crippen LogP contribution in [0.25, 0.3) is 0 Å². The first-order valence-corrected chi connectivity index (χ1v) is 5.63. The summed E-state index contributed by atoms with van der Waals surface area (Å²) in [6.07, 6.45) is 2.55. The van der Waals surface area contributed by atoms with E-state index < -0.39 is 0 Å². The molecule has 0 spiro atoms. The van der Waals surface area contributed by atoms with Crippen molar-refractivity contribution in [2.45, 2.75) is 18.9 Å². The topological polar surface area (TPSA) is 27.3 Å². The van der Waals surface area contributed by atoms with E-state index in [0.717, 1.165) is 6.54 Å². The summed E-state index contributed by atoms with van der Waals surface area (Å²) < 4.78 is 0. The molecule has 0 saturated carbocycles. The fraction of sp³-hybridized carbons (Fsp3) is 0.417. The molecule has 1 radical (unpaired) electrons. The van der Waals surface area contributed by atoms with Crippen LogP contribution < -0.4 is 15.5 Å². The lowest BCUT2D eigenvalue weighted by molar-refractivity contribution is 0.448. The molecule has 1 fully saturated rings. The number of rotatable bonds is 1. The summed E-state index contributed by atoms with van der Waals surface area (Å²) in [7, 11) is 0. The van der Waals surface area contributed by atoms with E-state index in [0.29, 0.717) is 6.04 Å². The molecule has 1 aromatic rings. The summed E-state index contributed by atoms with van der Waals surface area (Å²) in [6, 6.07) is 9.09. The first kappa shape index (κ1) is 9.04. The van der Waals surface area contributed by atoms with Crippen LogP contribution in [0.3, 0.4) is 0 Å². The van der Waals surface area contributed by atoms with Crippen LogP contribution in [0, 0.1) is 6.67 Å². The quantitative estimate of drug-likeness (QED) is 0.727. The first-order valence-electron chi connectivity index (χ1n) is 5.63. The zero-order valence-electron chi connectivity index (χ0n) is 8.74. The number of fused-ring (bicyclic) bond motifs is 1. The van der Waals surface area contributed by atoms with Gasteiger partial charge in [0.1, 0.15) is 6.67 Å². The third-order valence-electron chi connectivity index (χ3n) is 3.21. The average molecular weight is 202 g/mol. The van der Waals surface area contributed by atoms with Gasteiger partial charge in [0.25, 0.3) is 0 Å². The van der Waals surface area contributed by atoms with E-state index >= 15 is 0 Å². The number of hydrogen-bond acceptors (Lipinski definition) is 3. The summed E-state index contributed by atoms with van der Waals surface area (Å²) in [4.78, 5) is 2.36. The number of anilines is 2. The molecule has 79 valence electrons. The van der Waals surface area contributed by atoms with Crippen molar-refractivity contribution >= 4 is 11.4 Å². The summed E-state index contributed by atoms with van der Waals surface area (Å²) in [5.74, 6) is 0. The molecular weight excluding hydrogens is 186 g/mol. The van der Waals surface area contributed by atoms with Crippen molar-refractivity contribution in [1.82, 2.24) is 5.32 Å². The Morgan fingerprint density at radius 3 is 3.07 bits per heavy atom. The lowest BCUT2D eigenvalue weighted by atomic mass is 10.1. The Bertz CT molecular complexity index is 344. The number of para-hydroxylation sites is 2. The van der Waals surface area contributed by atoms with Gasteiger partial charge in [-0.2, -0.15) is 0 Å². The second kappa shape index (κ2) is 3.74. The van der Waals surface area contributed by atoms with Gasteiger partial charge in [-0.15, -0.1) is 0 Å². The maximum absolute atomic E-state index is 3.45.